The molecule has 1 rings (SSSR count). The van der Waals surface area contributed by atoms with Crippen molar-refractivity contribution in [3.8, 4) is 0 Å². The zero-order valence-corrected chi connectivity index (χ0v) is 9.34. The van der Waals surface area contributed by atoms with Crippen LogP contribution in [0, 0.1) is 0 Å². The van der Waals surface area contributed by atoms with Crippen LogP contribution in [0.1, 0.15) is 13.8 Å². The van der Waals surface area contributed by atoms with E-state index in [1.165, 1.54) is 0 Å². The maximum absolute atomic E-state index is 11.9. The standard InChI is InChI=1S/C10H17F3N2O/c1-7(14)9(2)4-3-8(5-15-9)16-6-10(11,12)13/h3-4,7-8,15H,5-6,14H2,1-2H3/t7?,8?,9-/m0/s1. The van der Waals surface area contributed by atoms with Gasteiger partial charge in [-0.15, -0.1) is 0 Å². The minimum atomic E-state index is -4.28. The van der Waals surface area contributed by atoms with Crippen LogP contribution in [-0.2, 0) is 4.74 Å². The molecule has 0 spiro atoms. The number of halogens is 3. The summed E-state index contributed by atoms with van der Waals surface area (Å²) >= 11 is 0. The summed E-state index contributed by atoms with van der Waals surface area (Å²) in [6.07, 6.45) is -1.43. The maximum atomic E-state index is 11.9. The number of alkyl halides is 3. The lowest BCUT2D eigenvalue weighted by atomic mass is 9.90. The van der Waals surface area contributed by atoms with Crippen LogP contribution in [0.15, 0.2) is 12.2 Å². The molecule has 0 aromatic rings. The monoisotopic (exact) mass is 238 g/mol. The van der Waals surface area contributed by atoms with Crippen molar-refractivity contribution < 1.29 is 17.9 Å². The van der Waals surface area contributed by atoms with Gasteiger partial charge in [0.1, 0.15) is 6.61 Å². The van der Waals surface area contributed by atoms with Crippen molar-refractivity contribution in [2.24, 2.45) is 5.73 Å². The second-order valence-electron chi connectivity index (χ2n) is 4.28. The summed E-state index contributed by atoms with van der Waals surface area (Å²) in [5.74, 6) is 0. The molecular formula is C10H17F3N2O. The van der Waals surface area contributed by atoms with E-state index in [0.717, 1.165) is 0 Å². The van der Waals surface area contributed by atoms with Crippen LogP contribution in [0.4, 0.5) is 13.2 Å². The Bertz CT molecular complexity index is 265. The highest BCUT2D eigenvalue weighted by molar-refractivity contribution is 5.14. The lowest BCUT2D eigenvalue weighted by molar-refractivity contribution is -0.181. The smallest absolute Gasteiger partial charge is 0.363 e. The van der Waals surface area contributed by atoms with E-state index in [1.807, 2.05) is 13.8 Å². The minimum absolute atomic E-state index is 0.118. The Morgan fingerprint density at radius 2 is 2.25 bits per heavy atom. The molecule has 0 aromatic carbocycles. The van der Waals surface area contributed by atoms with Crippen LogP contribution in [0.5, 0.6) is 0 Å². The first-order valence-electron chi connectivity index (χ1n) is 5.11. The highest BCUT2D eigenvalue weighted by Gasteiger charge is 2.32. The number of hydrogen-bond donors (Lipinski definition) is 2. The predicted octanol–water partition coefficient (Wildman–Crippen LogP) is 1.20. The SMILES string of the molecule is CC(N)[C@]1(C)C=CC(OCC(F)(F)F)CN1. The predicted molar refractivity (Wildman–Crippen MR) is 55.0 cm³/mol. The van der Waals surface area contributed by atoms with Crippen molar-refractivity contribution in [3.05, 3.63) is 12.2 Å². The van der Waals surface area contributed by atoms with Crippen LogP contribution in [0.25, 0.3) is 0 Å². The van der Waals surface area contributed by atoms with Crippen molar-refractivity contribution in [1.29, 1.82) is 0 Å². The number of ether oxygens (including phenoxy) is 1. The molecule has 0 saturated heterocycles. The zero-order chi connectivity index (χ0) is 12.4. The Morgan fingerprint density at radius 3 is 2.62 bits per heavy atom. The van der Waals surface area contributed by atoms with E-state index in [9.17, 15) is 13.2 Å². The largest absolute Gasteiger partial charge is 0.411 e. The summed E-state index contributed by atoms with van der Waals surface area (Å²) in [5, 5.41) is 3.08. The zero-order valence-electron chi connectivity index (χ0n) is 9.34. The van der Waals surface area contributed by atoms with E-state index in [-0.39, 0.29) is 11.6 Å². The van der Waals surface area contributed by atoms with Gasteiger partial charge in [0.25, 0.3) is 0 Å². The van der Waals surface area contributed by atoms with Gasteiger partial charge in [0.15, 0.2) is 0 Å². The average molecular weight is 238 g/mol. The molecule has 1 aliphatic rings. The van der Waals surface area contributed by atoms with E-state index in [1.54, 1.807) is 12.2 Å². The average Bonchev–Trinajstić information content (AvgIpc) is 2.15. The van der Waals surface area contributed by atoms with E-state index >= 15 is 0 Å². The summed E-state index contributed by atoms with van der Waals surface area (Å²) < 4.78 is 40.4. The number of hydrogen-bond acceptors (Lipinski definition) is 3. The summed E-state index contributed by atoms with van der Waals surface area (Å²) in [4.78, 5) is 0. The molecule has 2 unspecified atom stereocenters. The second kappa shape index (κ2) is 4.73. The Kier molecular flexibility index (Phi) is 3.98. The molecule has 16 heavy (non-hydrogen) atoms. The molecule has 3 nitrogen and oxygen atoms in total. The van der Waals surface area contributed by atoms with Crippen LogP contribution < -0.4 is 11.1 Å². The quantitative estimate of drug-likeness (QED) is 0.726. The highest BCUT2D eigenvalue weighted by Crippen LogP contribution is 2.19. The number of nitrogens with one attached hydrogen (secondary N) is 1. The lowest BCUT2D eigenvalue weighted by Gasteiger charge is -2.36. The third-order valence-corrected chi connectivity index (χ3v) is 2.75. The van der Waals surface area contributed by atoms with E-state index < -0.39 is 18.9 Å². The first-order valence-corrected chi connectivity index (χ1v) is 5.11. The van der Waals surface area contributed by atoms with Gasteiger partial charge in [-0.05, 0) is 13.8 Å². The van der Waals surface area contributed by atoms with Gasteiger partial charge in [0, 0.05) is 18.1 Å². The Morgan fingerprint density at radius 1 is 1.62 bits per heavy atom. The normalized spacial score (nSPS) is 32.8. The lowest BCUT2D eigenvalue weighted by Crippen LogP contribution is -2.57. The summed E-state index contributed by atoms with van der Waals surface area (Å²) in [5.41, 5.74) is 5.38. The molecule has 0 radical (unpaired) electrons. The summed E-state index contributed by atoms with van der Waals surface area (Å²) in [6, 6.07) is -0.118. The molecule has 1 aliphatic heterocycles. The molecule has 0 fully saturated rings. The van der Waals surface area contributed by atoms with E-state index in [4.69, 9.17) is 10.5 Å². The van der Waals surface area contributed by atoms with Gasteiger partial charge in [-0.3, -0.25) is 0 Å². The van der Waals surface area contributed by atoms with Crippen molar-refractivity contribution in [3.63, 3.8) is 0 Å². The van der Waals surface area contributed by atoms with Gasteiger partial charge in [-0.2, -0.15) is 13.2 Å². The molecule has 3 N–H and O–H groups in total. The maximum Gasteiger partial charge on any atom is 0.411 e. The molecular weight excluding hydrogens is 221 g/mol. The molecule has 3 atom stereocenters. The third-order valence-electron chi connectivity index (χ3n) is 2.75. The van der Waals surface area contributed by atoms with Gasteiger partial charge >= 0.3 is 6.18 Å². The van der Waals surface area contributed by atoms with Crippen LogP contribution in [0.2, 0.25) is 0 Å². The molecule has 0 saturated carbocycles. The third kappa shape index (κ3) is 3.77. The molecule has 6 heteroatoms. The van der Waals surface area contributed by atoms with Gasteiger partial charge < -0.3 is 15.8 Å². The van der Waals surface area contributed by atoms with Gasteiger partial charge in [-0.1, -0.05) is 12.2 Å². The van der Waals surface area contributed by atoms with Gasteiger partial charge in [0.05, 0.1) is 6.10 Å². The molecule has 94 valence electrons. The minimum Gasteiger partial charge on any atom is -0.363 e. The highest BCUT2D eigenvalue weighted by atomic mass is 19.4. The second-order valence-corrected chi connectivity index (χ2v) is 4.28. The number of nitrogens with two attached hydrogens (primary N) is 1. The van der Waals surface area contributed by atoms with E-state index in [0.29, 0.717) is 6.54 Å². The summed E-state index contributed by atoms with van der Waals surface area (Å²) in [6.45, 7) is 2.85. The first-order chi connectivity index (χ1) is 7.23. The van der Waals surface area contributed by atoms with Gasteiger partial charge in [0.2, 0.25) is 0 Å². The van der Waals surface area contributed by atoms with Crippen LogP contribution in [0.3, 0.4) is 0 Å². The first kappa shape index (κ1) is 13.5. The molecule has 0 amide bonds. The van der Waals surface area contributed by atoms with Crippen LogP contribution in [-0.4, -0.2) is 37.0 Å². The van der Waals surface area contributed by atoms with Crippen molar-refractivity contribution in [1.82, 2.24) is 5.32 Å². The fourth-order valence-corrected chi connectivity index (χ4v) is 1.38. The van der Waals surface area contributed by atoms with Crippen molar-refractivity contribution >= 4 is 0 Å². The molecule has 0 aromatic heterocycles. The number of rotatable bonds is 3. The molecule has 0 bridgehead atoms. The molecule has 0 aliphatic carbocycles. The topological polar surface area (TPSA) is 47.3 Å². The van der Waals surface area contributed by atoms with Crippen LogP contribution >= 0.6 is 0 Å². The fourth-order valence-electron chi connectivity index (χ4n) is 1.38. The Hall–Kier alpha value is -0.590. The van der Waals surface area contributed by atoms with E-state index in [2.05, 4.69) is 5.32 Å². The fraction of sp³-hybridized carbons (Fsp3) is 0.800. The van der Waals surface area contributed by atoms with Gasteiger partial charge in [-0.25, -0.2) is 0 Å². The van der Waals surface area contributed by atoms with Crippen molar-refractivity contribution in [2.45, 2.75) is 37.7 Å². The van der Waals surface area contributed by atoms with Crippen molar-refractivity contribution in [2.75, 3.05) is 13.2 Å². The summed E-state index contributed by atoms with van der Waals surface area (Å²) in [7, 11) is 0. The molecule has 1 heterocycles. The Labute approximate surface area is 92.8 Å². The Balaban J connectivity index is 2.47.